The fourth-order valence-corrected chi connectivity index (χ4v) is 0.134. The van der Waals surface area contributed by atoms with Crippen LogP contribution in [0, 0.1) is 0 Å². The highest BCUT2D eigenvalue weighted by Gasteiger charge is 2.12. The standard InChI is InChI=1S/C2H7O4P/c3-1-7(5,6)2-4/h3-4H,1-2H2,(H,5,6). The Morgan fingerprint density at radius 3 is 1.57 bits per heavy atom. The van der Waals surface area contributed by atoms with E-state index in [1.54, 1.807) is 0 Å². The largest absolute Gasteiger partial charge is 0.386 e. The molecule has 0 aliphatic rings. The molecule has 7 heavy (non-hydrogen) atoms. The van der Waals surface area contributed by atoms with Crippen molar-refractivity contribution in [3.05, 3.63) is 0 Å². The first kappa shape index (κ1) is 7.11. The molecule has 4 nitrogen and oxygen atoms in total. The lowest BCUT2D eigenvalue weighted by molar-refractivity contribution is 0.293. The quantitative estimate of drug-likeness (QED) is 0.421. The first-order chi connectivity index (χ1) is 3.12. The van der Waals surface area contributed by atoms with Gasteiger partial charge in [0.25, 0.3) is 0 Å². The van der Waals surface area contributed by atoms with E-state index in [0.29, 0.717) is 0 Å². The van der Waals surface area contributed by atoms with Crippen molar-refractivity contribution in [2.24, 2.45) is 0 Å². The van der Waals surface area contributed by atoms with Gasteiger partial charge in [-0.2, -0.15) is 0 Å². The van der Waals surface area contributed by atoms with Crippen LogP contribution in [-0.4, -0.2) is 27.8 Å². The van der Waals surface area contributed by atoms with Crippen molar-refractivity contribution in [2.45, 2.75) is 0 Å². The lowest BCUT2D eigenvalue weighted by Gasteiger charge is -1.99. The van der Waals surface area contributed by atoms with Gasteiger partial charge in [-0.15, -0.1) is 0 Å². The molecule has 44 valence electrons. The minimum Gasteiger partial charge on any atom is -0.386 e. The topological polar surface area (TPSA) is 77.8 Å². The van der Waals surface area contributed by atoms with Crippen molar-refractivity contribution in [2.75, 3.05) is 12.7 Å². The van der Waals surface area contributed by atoms with Crippen LogP contribution in [-0.2, 0) is 4.57 Å². The molecular weight excluding hydrogens is 119 g/mol. The second-order valence-corrected chi connectivity index (χ2v) is 3.39. The van der Waals surface area contributed by atoms with Crippen molar-refractivity contribution < 1.29 is 19.7 Å². The zero-order valence-corrected chi connectivity index (χ0v) is 4.51. The number of aliphatic hydroxyl groups is 2. The molecule has 0 heterocycles. The number of hydrogen-bond acceptors (Lipinski definition) is 3. The van der Waals surface area contributed by atoms with E-state index < -0.39 is 20.1 Å². The molecule has 0 fully saturated rings. The van der Waals surface area contributed by atoms with Gasteiger partial charge in [-0.3, -0.25) is 4.57 Å². The first-order valence-corrected chi connectivity index (χ1v) is 3.68. The zero-order valence-electron chi connectivity index (χ0n) is 3.61. The van der Waals surface area contributed by atoms with Gasteiger partial charge in [-0.25, -0.2) is 0 Å². The maximum atomic E-state index is 10.0. The molecule has 0 aliphatic heterocycles. The predicted molar refractivity (Wildman–Crippen MR) is 24.0 cm³/mol. The van der Waals surface area contributed by atoms with Crippen LogP contribution >= 0.6 is 7.37 Å². The Balaban J connectivity index is 3.61. The van der Waals surface area contributed by atoms with Crippen LogP contribution in [0.2, 0.25) is 0 Å². The monoisotopic (exact) mass is 126 g/mol. The molecule has 0 amide bonds. The average Bonchev–Trinajstić information content (AvgIpc) is 1.68. The minimum atomic E-state index is -3.54. The lowest BCUT2D eigenvalue weighted by Crippen LogP contribution is -1.90. The zero-order chi connectivity index (χ0) is 5.91. The first-order valence-electron chi connectivity index (χ1n) is 1.65. The Kier molecular flexibility index (Phi) is 2.46. The normalized spacial score (nSPS) is 11.9. The lowest BCUT2D eigenvalue weighted by atomic mass is 11.7. The Morgan fingerprint density at radius 2 is 1.57 bits per heavy atom. The number of hydrogen-bond donors (Lipinski definition) is 3. The molecule has 0 aromatic carbocycles. The smallest absolute Gasteiger partial charge is 0.249 e. The second kappa shape index (κ2) is 2.43. The van der Waals surface area contributed by atoms with Gasteiger partial charge in [-0.1, -0.05) is 0 Å². The summed E-state index contributed by atoms with van der Waals surface area (Å²) in [7, 11) is -3.54. The van der Waals surface area contributed by atoms with E-state index in [1.807, 2.05) is 0 Å². The molecule has 0 unspecified atom stereocenters. The van der Waals surface area contributed by atoms with Crippen LogP contribution in [0.4, 0.5) is 0 Å². The van der Waals surface area contributed by atoms with E-state index in [4.69, 9.17) is 15.1 Å². The van der Waals surface area contributed by atoms with Crippen molar-refractivity contribution in [1.29, 1.82) is 0 Å². The summed E-state index contributed by atoms with van der Waals surface area (Å²) in [6.07, 6.45) is -1.69. The molecule has 0 saturated heterocycles. The predicted octanol–water partition coefficient (Wildman–Crippen LogP) is -0.844. The third kappa shape index (κ3) is 2.76. The van der Waals surface area contributed by atoms with E-state index in [-0.39, 0.29) is 0 Å². The summed E-state index contributed by atoms with van der Waals surface area (Å²) in [5.74, 6) is 0. The number of aliphatic hydroxyl groups excluding tert-OH is 2. The summed E-state index contributed by atoms with van der Waals surface area (Å²) in [5.41, 5.74) is 0. The van der Waals surface area contributed by atoms with Crippen molar-refractivity contribution in [3.63, 3.8) is 0 Å². The van der Waals surface area contributed by atoms with Gasteiger partial charge < -0.3 is 15.1 Å². The summed E-state index contributed by atoms with van der Waals surface area (Å²) in [5, 5.41) is 15.8. The molecular formula is C2H7O4P. The Bertz CT molecular complexity index is 81.7. The van der Waals surface area contributed by atoms with Crippen LogP contribution in [0.15, 0.2) is 0 Å². The maximum Gasteiger partial charge on any atom is 0.249 e. The fourth-order valence-electron chi connectivity index (χ4n) is 0.0447. The van der Waals surface area contributed by atoms with E-state index in [9.17, 15) is 4.57 Å². The van der Waals surface area contributed by atoms with Crippen molar-refractivity contribution in [3.8, 4) is 0 Å². The molecule has 3 N–H and O–H groups in total. The van der Waals surface area contributed by atoms with Crippen LogP contribution in [0.5, 0.6) is 0 Å². The maximum absolute atomic E-state index is 10.0. The molecule has 0 aromatic rings. The van der Waals surface area contributed by atoms with Gasteiger partial charge in [-0.05, 0) is 0 Å². The Labute approximate surface area is 40.9 Å². The Morgan fingerprint density at radius 1 is 1.29 bits per heavy atom. The summed E-state index contributed by atoms with van der Waals surface area (Å²) in [6.45, 7) is 0. The van der Waals surface area contributed by atoms with Crippen molar-refractivity contribution in [1.82, 2.24) is 0 Å². The molecule has 0 radical (unpaired) electrons. The molecule has 0 saturated carbocycles. The molecule has 0 aliphatic carbocycles. The van der Waals surface area contributed by atoms with Crippen LogP contribution < -0.4 is 0 Å². The third-order valence-electron chi connectivity index (χ3n) is 0.442. The van der Waals surface area contributed by atoms with Gasteiger partial charge in [0.15, 0.2) is 0 Å². The Hall–Kier alpha value is 0.110. The molecule has 0 aromatic heterocycles. The van der Waals surface area contributed by atoms with E-state index in [1.165, 1.54) is 0 Å². The van der Waals surface area contributed by atoms with Gasteiger partial charge in [0, 0.05) is 0 Å². The highest BCUT2D eigenvalue weighted by molar-refractivity contribution is 7.57. The molecule has 0 atom stereocenters. The summed E-state index contributed by atoms with van der Waals surface area (Å²) in [6, 6.07) is 0. The van der Waals surface area contributed by atoms with Crippen LogP contribution in [0.3, 0.4) is 0 Å². The summed E-state index contributed by atoms with van der Waals surface area (Å²) < 4.78 is 10.0. The number of rotatable bonds is 2. The molecule has 0 bridgehead atoms. The SMILES string of the molecule is O=P(O)(CO)CO. The van der Waals surface area contributed by atoms with E-state index >= 15 is 0 Å². The molecule has 5 heteroatoms. The van der Waals surface area contributed by atoms with Gasteiger partial charge in [0.05, 0.1) is 0 Å². The minimum absolute atomic E-state index is 0.844. The van der Waals surface area contributed by atoms with E-state index in [2.05, 4.69) is 0 Å². The average molecular weight is 126 g/mol. The van der Waals surface area contributed by atoms with Crippen LogP contribution in [0.1, 0.15) is 0 Å². The van der Waals surface area contributed by atoms with E-state index in [0.717, 1.165) is 0 Å². The summed E-state index contributed by atoms with van der Waals surface area (Å²) in [4.78, 5) is 8.19. The van der Waals surface area contributed by atoms with Gasteiger partial charge >= 0.3 is 0 Å². The van der Waals surface area contributed by atoms with Crippen molar-refractivity contribution >= 4 is 7.37 Å². The highest BCUT2D eigenvalue weighted by Crippen LogP contribution is 2.36. The van der Waals surface area contributed by atoms with Gasteiger partial charge in [0.1, 0.15) is 12.7 Å². The highest BCUT2D eigenvalue weighted by atomic mass is 31.2. The van der Waals surface area contributed by atoms with Crippen LogP contribution in [0.25, 0.3) is 0 Å². The second-order valence-electron chi connectivity index (χ2n) is 1.13. The molecule has 0 spiro atoms. The molecule has 0 rings (SSSR count). The fraction of sp³-hybridized carbons (Fsp3) is 1.00. The third-order valence-corrected chi connectivity index (χ3v) is 1.33. The summed E-state index contributed by atoms with van der Waals surface area (Å²) >= 11 is 0. The van der Waals surface area contributed by atoms with Gasteiger partial charge in [0.2, 0.25) is 7.37 Å².